The van der Waals surface area contributed by atoms with Crippen LogP contribution in [-0.2, 0) is 16.6 Å². The van der Waals surface area contributed by atoms with Gasteiger partial charge < -0.3 is 4.74 Å². The first-order chi connectivity index (χ1) is 18.4. The second-order valence-electron chi connectivity index (χ2n) is 9.31. The molecule has 198 valence electrons. The third kappa shape index (κ3) is 5.29. The molecule has 1 aliphatic heterocycles. The smallest absolute Gasteiger partial charge is 0.260 e. The number of pyridine rings is 1. The number of sulfonamides is 1. The molecule has 0 unspecified atom stereocenters. The minimum atomic E-state index is -3.60. The number of anilines is 1. The van der Waals surface area contributed by atoms with E-state index in [1.54, 1.807) is 34.6 Å². The predicted octanol–water partition coefficient (Wildman–Crippen LogP) is 5.42. The highest BCUT2D eigenvalue weighted by atomic mass is 32.2. The van der Waals surface area contributed by atoms with Crippen LogP contribution in [0.5, 0.6) is 5.75 Å². The summed E-state index contributed by atoms with van der Waals surface area (Å²) in [4.78, 5) is 24.8. The molecule has 1 saturated heterocycles. The van der Waals surface area contributed by atoms with Gasteiger partial charge in [-0.15, -0.1) is 0 Å². The van der Waals surface area contributed by atoms with Crippen molar-refractivity contribution < 1.29 is 17.9 Å². The molecule has 1 fully saturated rings. The third-order valence-corrected chi connectivity index (χ3v) is 9.86. The summed E-state index contributed by atoms with van der Waals surface area (Å²) >= 11 is 1.42. The number of hydrogen-bond donors (Lipinski definition) is 0. The highest BCUT2D eigenvalue weighted by Gasteiger charge is 2.27. The van der Waals surface area contributed by atoms with E-state index in [2.05, 4.69) is 4.98 Å². The molecule has 0 atom stereocenters. The lowest BCUT2D eigenvalue weighted by molar-refractivity contribution is 0.0984. The summed E-state index contributed by atoms with van der Waals surface area (Å²) in [6.07, 6.45) is 5.51. The Morgan fingerprint density at radius 2 is 1.76 bits per heavy atom. The molecule has 1 amide bonds. The third-order valence-electron chi connectivity index (χ3n) is 6.74. The van der Waals surface area contributed by atoms with Gasteiger partial charge >= 0.3 is 0 Å². The molecular weight excluding hydrogens is 520 g/mol. The maximum absolute atomic E-state index is 13.8. The molecule has 38 heavy (non-hydrogen) atoms. The number of rotatable bonds is 7. The lowest BCUT2D eigenvalue weighted by atomic mass is 10.2. The Hall–Kier alpha value is -3.34. The summed E-state index contributed by atoms with van der Waals surface area (Å²) in [6, 6.07) is 15.6. The molecule has 8 nitrogen and oxygen atoms in total. The van der Waals surface area contributed by atoms with E-state index in [1.165, 1.54) is 23.5 Å². The zero-order chi connectivity index (χ0) is 26.7. The highest BCUT2D eigenvalue weighted by molar-refractivity contribution is 7.89. The van der Waals surface area contributed by atoms with E-state index in [4.69, 9.17) is 9.72 Å². The normalized spacial score (nSPS) is 14.8. The van der Waals surface area contributed by atoms with E-state index < -0.39 is 10.0 Å². The number of benzene rings is 2. The average Bonchev–Trinajstić information content (AvgIpc) is 3.20. The van der Waals surface area contributed by atoms with Crippen LogP contribution < -0.4 is 9.64 Å². The average molecular weight is 551 g/mol. The molecule has 0 N–H and O–H groups in total. The number of nitrogens with zero attached hydrogens (tertiary/aromatic N) is 4. The lowest BCUT2D eigenvalue weighted by Gasteiger charge is -2.21. The van der Waals surface area contributed by atoms with E-state index in [9.17, 15) is 13.2 Å². The molecule has 0 aliphatic carbocycles. The predicted molar refractivity (Wildman–Crippen MR) is 149 cm³/mol. The first-order valence-corrected chi connectivity index (χ1v) is 14.9. The Morgan fingerprint density at radius 3 is 2.42 bits per heavy atom. The van der Waals surface area contributed by atoms with Crippen molar-refractivity contribution >= 4 is 42.6 Å². The van der Waals surface area contributed by atoms with E-state index in [-0.39, 0.29) is 17.3 Å². The Bertz CT molecular complexity index is 1530. The molecule has 0 bridgehead atoms. The molecule has 2 aromatic carbocycles. The molecule has 5 rings (SSSR count). The summed E-state index contributed by atoms with van der Waals surface area (Å²) in [7, 11) is -2.01. The van der Waals surface area contributed by atoms with Crippen molar-refractivity contribution in [1.29, 1.82) is 0 Å². The van der Waals surface area contributed by atoms with Crippen molar-refractivity contribution in [1.82, 2.24) is 14.3 Å². The van der Waals surface area contributed by atoms with Gasteiger partial charge in [0, 0.05) is 24.8 Å². The number of aromatic nitrogens is 2. The SMILES string of the molecule is COc1ccc(C)c2sc(N(Cc3ccccn3)C(=O)c3ccc(S(=O)(=O)N4CCCCCC4)cc3)nc12. The zero-order valence-electron chi connectivity index (χ0n) is 21.5. The number of fused-ring (bicyclic) bond motifs is 1. The number of methoxy groups -OCH3 is 1. The van der Waals surface area contributed by atoms with Crippen LogP contribution in [0.4, 0.5) is 5.13 Å². The quantitative estimate of drug-likeness (QED) is 0.305. The monoisotopic (exact) mass is 550 g/mol. The number of carbonyl (C=O) groups excluding carboxylic acids is 1. The molecular formula is C28H30N4O4S2. The van der Waals surface area contributed by atoms with E-state index in [0.717, 1.165) is 35.9 Å². The molecule has 4 aromatic rings. The maximum Gasteiger partial charge on any atom is 0.260 e. The van der Waals surface area contributed by atoms with Gasteiger partial charge in [-0.05, 0) is 67.8 Å². The van der Waals surface area contributed by atoms with Crippen molar-refractivity contribution in [2.24, 2.45) is 0 Å². The van der Waals surface area contributed by atoms with Crippen molar-refractivity contribution in [3.05, 3.63) is 77.6 Å². The molecule has 2 aromatic heterocycles. The topological polar surface area (TPSA) is 92.7 Å². The van der Waals surface area contributed by atoms with Crippen LogP contribution >= 0.6 is 11.3 Å². The zero-order valence-corrected chi connectivity index (χ0v) is 23.1. The maximum atomic E-state index is 13.8. The lowest BCUT2D eigenvalue weighted by Crippen LogP contribution is -2.32. The highest BCUT2D eigenvalue weighted by Crippen LogP contribution is 2.37. The van der Waals surface area contributed by atoms with Crippen LogP contribution in [0.3, 0.4) is 0 Å². The van der Waals surface area contributed by atoms with Gasteiger partial charge in [-0.2, -0.15) is 4.31 Å². The fourth-order valence-electron chi connectivity index (χ4n) is 4.61. The fourth-order valence-corrected chi connectivity index (χ4v) is 7.18. The summed E-state index contributed by atoms with van der Waals surface area (Å²) in [5.74, 6) is 0.353. The Labute approximate surface area is 227 Å². The van der Waals surface area contributed by atoms with E-state index in [1.807, 2.05) is 37.3 Å². The molecule has 3 heterocycles. The number of carbonyl (C=O) groups is 1. The Morgan fingerprint density at radius 1 is 1.03 bits per heavy atom. The van der Waals surface area contributed by atoms with Gasteiger partial charge in [0.25, 0.3) is 5.91 Å². The van der Waals surface area contributed by atoms with E-state index >= 15 is 0 Å². The van der Waals surface area contributed by atoms with Crippen LogP contribution in [0.2, 0.25) is 0 Å². The van der Waals surface area contributed by atoms with E-state index in [0.29, 0.717) is 40.7 Å². The summed E-state index contributed by atoms with van der Waals surface area (Å²) < 4.78 is 34.4. The van der Waals surface area contributed by atoms with Gasteiger partial charge in [0.15, 0.2) is 5.13 Å². The van der Waals surface area contributed by atoms with Gasteiger partial charge in [-0.3, -0.25) is 14.7 Å². The summed E-state index contributed by atoms with van der Waals surface area (Å²) in [5, 5.41) is 0.518. The van der Waals surface area contributed by atoms with Gasteiger partial charge in [0.1, 0.15) is 11.3 Å². The van der Waals surface area contributed by atoms with Crippen molar-refractivity contribution in [3.63, 3.8) is 0 Å². The Balaban J connectivity index is 1.49. The van der Waals surface area contributed by atoms with Gasteiger partial charge in [0.05, 0.1) is 28.9 Å². The summed E-state index contributed by atoms with van der Waals surface area (Å²) in [5.41, 5.74) is 2.82. The second kappa shape index (κ2) is 11.2. The summed E-state index contributed by atoms with van der Waals surface area (Å²) in [6.45, 7) is 3.27. The minimum absolute atomic E-state index is 0.201. The van der Waals surface area contributed by atoms with Crippen molar-refractivity contribution in [2.45, 2.75) is 44.0 Å². The number of hydrogen-bond acceptors (Lipinski definition) is 7. The number of aryl methyl sites for hydroxylation is 1. The van der Waals surface area contributed by atoms with Crippen LogP contribution in [0, 0.1) is 6.92 Å². The van der Waals surface area contributed by atoms with Crippen LogP contribution in [0.15, 0.2) is 65.7 Å². The molecule has 0 radical (unpaired) electrons. The number of thiazole rings is 1. The fraction of sp³-hybridized carbons (Fsp3) is 0.321. The first kappa shape index (κ1) is 26.3. The molecule has 1 aliphatic rings. The van der Waals surface area contributed by atoms with Crippen LogP contribution in [0.1, 0.15) is 47.3 Å². The largest absolute Gasteiger partial charge is 0.494 e. The molecule has 0 saturated carbocycles. The van der Waals surface area contributed by atoms with Gasteiger partial charge in [-0.25, -0.2) is 13.4 Å². The van der Waals surface area contributed by atoms with Crippen LogP contribution in [0.25, 0.3) is 10.2 Å². The van der Waals surface area contributed by atoms with Crippen molar-refractivity contribution in [3.8, 4) is 5.75 Å². The van der Waals surface area contributed by atoms with Crippen molar-refractivity contribution in [2.75, 3.05) is 25.1 Å². The van der Waals surface area contributed by atoms with Crippen LogP contribution in [-0.4, -0.2) is 48.8 Å². The minimum Gasteiger partial charge on any atom is -0.494 e. The van der Waals surface area contributed by atoms with Gasteiger partial charge in [0.2, 0.25) is 10.0 Å². The number of ether oxygens (including phenoxy) is 1. The Kier molecular flexibility index (Phi) is 7.73. The number of amides is 1. The first-order valence-electron chi connectivity index (χ1n) is 12.6. The van der Waals surface area contributed by atoms with Gasteiger partial charge in [-0.1, -0.05) is 36.3 Å². The molecule has 10 heteroatoms. The second-order valence-corrected chi connectivity index (χ2v) is 12.2. The molecule has 0 spiro atoms. The standard InChI is InChI=1S/C28H30N4O4S2/c1-20-10-15-24(36-2)25-26(20)37-28(30-25)32(19-22-9-5-6-16-29-22)27(33)21-11-13-23(14-12-21)38(34,35)31-17-7-3-4-8-18-31/h5-6,9-16H,3-4,7-8,17-19H2,1-2H3.